The lowest BCUT2D eigenvalue weighted by molar-refractivity contribution is -0.147. The monoisotopic (exact) mass is 426 g/mol. The lowest BCUT2D eigenvalue weighted by Crippen LogP contribution is -2.44. The Morgan fingerprint density at radius 1 is 0.935 bits per heavy atom. The van der Waals surface area contributed by atoms with Gasteiger partial charge in [-0.25, -0.2) is 0 Å². The molecule has 1 unspecified atom stereocenters. The third-order valence-corrected chi connectivity index (χ3v) is 5.19. The standard InChI is InChI=1S/C24H30N2O5/c27-22-11-12-26(16-24(29)31-18-20-9-5-2-6-10-20)15-21(13-22)25-14-23(28)30-17-19-7-3-1-4-8-19/h1-10,21-22,25,27H,11-18H2/t21-,22?/m0/s1. The van der Waals surface area contributed by atoms with Gasteiger partial charge in [-0.3, -0.25) is 14.5 Å². The van der Waals surface area contributed by atoms with Gasteiger partial charge in [-0.05, 0) is 24.0 Å². The van der Waals surface area contributed by atoms with Crippen molar-refractivity contribution in [1.82, 2.24) is 10.2 Å². The van der Waals surface area contributed by atoms with Crippen LogP contribution in [0.5, 0.6) is 0 Å². The lowest BCUT2D eigenvalue weighted by Gasteiger charge is -2.24. The number of nitrogens with one attached hydrogen (secondary N) is 1. The average Bonchev–Trinajstić information content (AvgIpc) is 2.97. The molecule has 0 bridgehead atoms. The van der Waals surface area contributed by atoms with Crippen molar-refractivity contribution in [3.05, 3.63) is 71.8 Å². The highest BCUT2D eigenvalue weighted by molar-refractivity contribution is 5.72. The van der Waals surface area contributed by atoms with Crippen LogP contribution < -0.4 is 5.32 Å². The second kappa shape index (κ2) is 12.2. The van der Waals surface area contributed by atoms with Gasteiger partial charge in [0.1, 0.15) is 13.2 Å². The fourth-order valence-corrected chi connectivity index (χ4v) is 3.53. The van der Waals surface area contributed by atoms with Crippen molar-refractivity contribution in [3.8, 4) is 0 Å². The maximum atomic E-state index is 12.3. The van der Waals surface area contributed by atoms with Gasteiger partial charge in [0, 0.05) is 19.1 Å². The summed E-state index contributed by atoms with van der Waals surface area (Å²) in [5, 5.41) is 13.3. The molecule has 31 heavy (non-hydrogen) atoms. The van der Waals surface area contributed by atoms with Crippen LogP contribution in [-0.2, 0) is 32.3 Å². The molecular formula is C24H30N2O5. The third kappa shape index (κ3) is 8.49. The molecule has 1 heterocycles. The molecule has 7 heteroatoms. The molecule has 0 aromatic heterocycles. The van der Waals surface area contributed by atoms with Gasteiger partial charge < -0.3 is 19.9 Å². The summed E-state index contributed by atoms with van der Waals surface area (Å²) in [4.78, 5) is 26.3. The summed E-state index contributed by atoms with van der Waals surface area (Å²) in [5.41, 5.74) is 1.87. The number of hydrogen-bond donors (Lipinski definition) is 2. The number of carbonyl (C=O) groups excluding carboxylic acids is 2. The molecule has 166 valence electrons. The average molecular weight is 427 g/mol. The van der Waals surface area contributed by atoms with Gasteiger partial charge in [-0.15, -0.1) is 0 Å². The number of carbonyl (C=O) groups is 2. The van der Waals surface area contributed by atoms with Gasteiger partial charge in [0.2, 0.25) is 0 Å². The Morgan fingerprint density at radius 3 is 2.13 bits per heavy atom. The summed E-state index contributed by atoms with van der Waals surface area (Å²) >= 11 is 0. The number of likely N-dealkylation sites (tertiary alicyclic amines) is 1. The molecule has 2 aromatic rings. The van der Waals surface area contributed by atoms with Gasteiger partial charge in [-0.2, -0.15) is 0 Å². The highest BCUT2D eigenvalue weighted by Crippen LogP contribution is 2.12. The molecule has 0 aliphatic carbocycles. The van der Waals surface area contributed by atoms with Crippen molar-refractivity contribution in [2.75, 3.05) is 26.2 Å². The quantitative estimate of drug-likeness (QED) is 0.592. The molecule has 2 aromatic carbocycles. The maximum absolute atomic E-state index is 12.3. The fraction of sp³-hybridized carbons (Fsp3) is 0.417. The van der Waals surface area contributed by atoms with Crippen LogP contribution in [0.4, 0.5) is 0 Å². The molecule has 0 spiro atoms. The van der Waals surface area contributed by atoms with Crippen LogP contribution >= 0.6 is 0 Å². The zero-order valence-corrected chi connectivity index (χ0v) is 17.6. The minimum Gasteiger partial charge on any atom is -0.460 e. The maximum Gasteiger partial charge on any atom is 0.320 e. The summed E-state index contributed by atoms with van der Waals surface area (Å²) in [6, 6.07) is 18.9. The summed E-state index contributed by atoms with van der Waals surface area (Å²) < 4.78 is 10.7. The normalized spacial score (nSPS) is 19.4. The Balaban J connectivity index is 1.41. The minimum absolute atomic E-state index is 0.0521. The Kier molecular flexibility index (Phi) is 9.02. The molecule has 0 radical (unpaired) electrons. The smallest absolute Gasteiger partial charge is 0.320 e. The van der Waals surface area contributed by atoms with Crippen LogP contribution in [0.2, 0.25) is 0 Å². The molecule has 2 N–H and O–H groups in total. The van der Waals surface area contributed by atoms with Crippen LogP contribution in [0, 0.1) is 0 Å². The number of aliphatic hydroxyl groups is 1. The van der Waals surface area contributed by atoms with E-state index in [1.54, 1.807) is 0 Å². The zero-order chi connectivity index (χ0) is 21.9. The topological polar surface area (TPSA) is 88.1 Å². The van der Waals surface area contributed by atoms with Gasteiger partial charge in [-0.1, -0.05) is 60.7 Å². The Bertz CT molecular complexity index is 815. The first-order valence-corrected chi connectivity index (χ1v) is 10.6. The van der Waals surface area contributed by atoms with Gasteiger partial charge >= 0.3 is 11.9 Å². The predicted molar refractivity (Wildman–Crippen MR) is 116 cm³/mol. The van der Waals surface area contributed by atoms with E-state index in [2.05, 4.69) is 5.32 Å². The molecule has 3 rings (SSSR count). The van der Waals surface area contributed by atoms with Crippen LogP contribution in [0.3, 0.4) is 0 Å². The van der Waals surface area contributed by atoms with Crippen LogP contribution in [0.1, 0.15) is 24.0 Å². The first kappa shape index (κ1) is 22.9. The summed E-state index contributed by atoms with van der Waals surface area (Å²) in [7, 11) is 0. The third-order valence-electron chi connectivity index (χ3n) is 5.19. The molecule has 0 saturated carbocycles. The number of rotatable bonds is 9. The van der Waals surface area contributed by atoms with Crippen molar-refractivity contribution in [1.29, 1.82) is 0 Å². The highest BCUT2D eigenvalue weighted by Gasteiger charge is 2.25. The molecule has 0 amide bonds. The predicted octanol–water partition coefficient (Wildman–Crippen LogP) is 1.89. The summed E-state index contributed by atoms with van der Waals surface area (Å²) in [5.74, 6) is -0.655. The number of esters is 2. The Morgan fingerprint density at radius 2 is 1.52 bits per heavy atom. The van der Waals surface area contributed by atoms with E-state index in [1.165, 1.54) is 0 Å². The SMILES string of the molecule is O=C(CN[C@H]1CC(O)CCN(CC(=O)OCc2ccccc2)C1)OCc1ccccc1. The number of benzene rings is 2. The van der Waals surface area contributed by atoms with Crippen molar-refractivity contribution in [2.45, 2.75) is 38.2 Å². The van der Waals surface area contributed by atoms with Crippen LogP contribution in [0.25, 0.3) is 0 Å². The van der Waals surface area contributed by atoms with Crippen molar-refractivity contribution < 1.29 is 24.2 Å². The summed E-state index contributed by atoms with van der Waals surface area (Å²) in [6.07, 6.45) is 0.604. The summed E-state index contributed by atoms with van der Waals surface area (Å²) in [6.45, 7) is 1.81. The van der Waals surface area contributed by atoms with E-state index in [4.69, 9.17) is 9.47 Å². The van der Waals surface area contributed by atoms with Gasteiger partial charge in [0.25, 0.3) is 0 Å². The molecule has 1 saturated heterocycles. The zero-order valence-electron chi connectivity index (χ0n) is 17.6. The first-order valence-electron chi connectivity index (χ1n) is 10.6. The van der Waals surface area contributed by atoms with Crippen molar-refractivity contribution in [2.24, 2.45) is 0 Å². The first-order chi connectivity index (χ1) is 15.1. The molecule has 1 aliphatic rings. The van der Waals surface area contributed by atoms with Gasteiger partial charge in [0.05, 0.1) is 19.2 Å². The highest BCUT2D eigenvalue weighted by atomic mass is 16.5. The van der Waals surface area contributed by atoms with E-state index in [0.29, 0.717) is 25.9 Å². The molecule has 1 fully saturated rings. The lowest BCUT2D eigenvalue weighted by atomic mass is 10.1. The number of nitrogens with zero attached hydrogens (tertiary/aromatic N) is 1. The second-order valence-corrected chi connectivity index (χ2v) is 7.78. The van der Waals surface area contributed by atoms with Gasteiger partial charge in [0.15, 0.2) is 0 Å². The number of ether oxygens (including phenoxy) is 2. The largest absolute Gasteiger partial charge is 0.460 e. The van der Waals surface area contributed by atoms with E-state index in [-0.39, 0.29) is 44.3 Å². The number of hydrogen-bond acceptors (Lipinski definition) is 7. The van der Waals surface area contributed by atoms with E-state index in [9.17, 15) is 14.7 Å². The van der Waals surface area contributed by atoms with E-state index < -0.39 is 6.10 Å². The second-order valence-electron chi connectivity index (χ2n) is 7.78. The van der Waals surface area contributed by atoms with Crippen LogP contribution in [-0.4, -0.2) is 60.3 Å². The van der Waals surface area contributed by atoms with E-state index in [1.807, 2.05) is 65.6 Å². The molecule has 1 aliphatic heterocycles. The Hall–Kier alpha value is -2.74. The number of aliphatic hydroxyl groups excluding tert-OH is 1. The van der Waals surface area contributed by atoms with Crippen molar-refractivity contribution >= 4 is 11.9 Å². The molecule has 7 nitrogen and oxygen atoms in total. The van der Waals surface area contributed by atoms with Crippen molar-refractivity contribution in [3.63, 3.8) is 0 Å². The molecule has 2 atom stereocenters. The van der Waals surface area contributed by atoms with E-state index in [0.717, 1.165) is 11.1 Å². The Labute approximate surface area is 183 Å². The van der Waals surface area contributed by atoms with E-state index >= 15 is 0 Å². The van der Waals surface area contributed by atoms with Crippen LogP contribution in [0.15, 0.2) is 60.7 Å². The minimum atomic E-state index is -0.483. The fourth-order valence-electron chi connectivity index (χ4n) is 3.53. The molecular weight excluding hydrogens is 396 g/mol.